The van der Waals surface area contributed by atoms with Gasteiger partial charge in [0.05, 0.1) is 10.7 Å². The van der Waals surface area contributed by atoms with Crippen molar-refractivity contribution in [1.29, 1.82) is 0 Å². The first-order valence-electron chi connectivity index (χ1n) is 5.08. The van der Waals surface area contributed by atoms with Gasteiger partial charge in [0.2, 0.25) is 15.0 Å². The maximum Gasteiger partial charge on any atom is 0.237 e. The van der Waals surface area contributed by atoms with Crippen LogP contribution < -0.4 is 4.90 Å². The van der Waals surface area contributed by atoms with Crippen molar-refractivity contribution in [3.05, 3.63) is 28.8 Å². The van der Waals surface area contributed by atoms with Crippen LogP contribution in [0.25, 0.3) is 0 Å². The van der Waals surface area contributed by atoms with Gasteiger partial charge >= 0.3 is 0 Å². The molecule has 0 bridgehead atoms. The predicted molar refractivity (Wildman–Crippen MR) is 66.9 cm³/mol. The maximum absolute atomic E-state index is 13.6. The average Bonchev–Trinajstić information content (AvgIpc) is 2.65. The Morgan fingerprint density at radius 2 is 1.89 bits per heavy atom. The molecule has 1 aromatic rings. The number of rotatable bonds is 2. The molecule has 104 valence electrons. The molecule has 0 aromatic heterocycles. The van der Waals surface area contributed by atoms with Crippen LogP contribution in [0, 0.1) is 11.6 Å². The second-order valence-corrected chi connectivity index (χ2v) is 7.34. The van der Waals surface area contributed by atoms with Crippen molar-refractivity contribution in [2.75, 3.05) is 11.4 Å². The first-order chi connectivity index (χ1) is 8.70. The number of benzene rings is 1. The molecule has 1 atom stereocenters. The van der Waals surface area contributed by atoms with Gasteiger partial charge in [0.15, 0.2) is 0 Å². The molecule has 1 aromatic carbocycles. The Morgan fingerprint density at radius 1 is 1.26 bits per heavy atom. The summed E-state index contributed by atoms with van der Waals surface area (Å²) < 4.78 is 49.0. The van der Waals surface area contributed by atoms with Crippen LogP contribution in [-0.4, -0.2) is 26.1 Å². The smallest absolute Gasteiger partial charge is 0.237 e. The van der Waals surface area contributed by atoms with Crippen LogP contribution in [0.15, 0.2) is 12.1 Å². The second kappa shape index (κ2) is 4.88. The van der Waals surface area contributed by atoms with E-state index in [1.807, 2.05) is 0 Å². The molecule has 1 unspecified atom stereocenters. The van der Waals surface area contributed by atoms with Crippen molar-refractivity contribution < 1.29 is 22.0 Å². The van der Waals surface area contributed by atoms with Crippen LogP contribution >= 0.6 is 22.3 Å². The Hall–Kier alpha value is -0.920. The van der Waals surface area contributed by atoms with Gasteiger partial charge in [-0.1, -0.05) is 11.6 Å². The highest BCUT2D eigenvalue weighted by Gasteiger charge is 2.39. The van der Waals surface area contributed by atoms with Gasteiger partial charge in [-0.3, -0.25) is 4.79 Å². The van der Waals surface area contributed by atoms with Gasteiger partial charge in [-0.15, -0.1) is 0 Å². The molecule has 9 heteroatoms. The van der Waals surface area contributed by atoms with E-state index in [1.54, 1.807) is 0 Å². The third-order valence-corrected chi connectivity index (χ3v) is 4.93. The minimum absolute atomic E-state index is 0.265. The quantitative estimate of drug-likeness (QED) is 0.618. The van der Waals surface area contributed by atoms with E-state index < -0.39 is 31.8 Å². The van der Waals surface area contributed by atoms with Gasteiger partial charge in [0, 0.05) is 29.7 Å². The largest absolute Gasteiger partial charge is 0.308 e. The molecule has 1 aliphatic rings. The SMILES string of the molecule is O=C1CC(S(=O)(=O)Cl)CN1c1cc(Cl)c(F)cc1F. The zero-order chi connectivity index (χ0) is 14.4. The molecule has 0 spiro atoms. The van der Waals surface area contributed by atoms with Crippen molar-refractivity contribution in [3.8, 4) is 0 Å². The Labute approximate surface area is 117 Å². The lowest BCUT2D eigenvalue weighted by Gasteiger charge is -2.17. The van der Waals surface area contributed by atoms with E-state index in [0.29, 0.717) is 6.07 Å². The van der Waals surface area contributed by atoms with Crippen LogP contribution in [0.2, 0.25) is 5.02 Å². The fourth-order valence-corrected chi connectivity index (χ4v) is 3.00. The number of halogens is 4. The number of carbonyl (C=O) groups excluding carboxylic acids is 1. The van der Waals surface area contributed by atoms with E-state index in [4.69, 9.17) is 22.3 Å². The lowest BCUT2D eigenvalue weighted by molar-refractivity contribution is -0.117. The predicted octanol–water partition coefficient (Wildman–Crippen LogP) is 2.29. The van der Waals surface area contributed by atoms with Crippen LogP contribution in [0.5, 0.6) is 0 Å². The van der Waals surface area contributed by atoms with Gasteiger partial charge in [-0.05, 0) is 6.07 Å². The van der Waals surface area contributed by atoms with Crippen LogP contribution in [-0.2, 0) is 13.8 Å². The van der Waals surface area contributed by atoms with Gasteiger partial charge in [0.25, 0.3) is 0 Å². The van der Waals surface area contributed by atoms with E-state index in [2.05, 4.69) is 0 Å². The highest BCUT2D eigenvalue weighted by molar-refractivity contribution is 8.14. The lowest BCUT2D eigenvalue weighted by Crippen LogP contribution is -2.27. The maximum atomic E-state index is 13.6. The number of hydrogen-bond acceptors (Lipinski definition) is 3. The van der Waals surface area contributed by atoms with E-state index >= 15 is 0 Å². The van der Waals surface area contributed by atoms with Gasteiger partial charge in [-0.2, -0.15) is 0 Å². The summed E-state index contributed by atoms with van der Waals surface area (Å²) >= 11 is 5.51. The Bertz CT molecular complexity index is 650. The number of nitrogens with zero attached hydrogens (tertiary/aromatic N) is 1. The first kappa shape index (κ1) is 14.5. The molecule has 2 rings (SSSR count). The minimum atomic E-state index is -3.93. The van der Waals surface area contributed by atoms with Crippen molar-refractivity contribution in [1.82, 2.24) is 0 Å². The Kier molecular flexibility index (Phi) is 3.72. The van der Waals surface area contributed by atoms with E-state index in [1.165, 1.54) is 0 Å². The molecule has 4 nitrogen and oxygen atoms in total. The van der Waals surface area contributed by atoms with E-state index in [-0.39, 0.29) is 23.7 Å². The average molecular weight is 330 g/mol. The summed E-state index contributed by atoms with van der Waals surface area (Å²) in [5.74, 6) is -2.57. The number of anilines is 1. The third kappa shape index (κ3) is 2.82. The number of amides is 1. The normalized spacial score (nSPS) is 20.1. The number of hydrogen-bond donors (Lipinski definition) is 0. The van der Waals surface area contributed by atoms with Gasteiger partial charge < -0.3 is 4.90 Å². The van der Waals surface area contributed by atoms with Crippen molar-refractivity contribution in [2.24, 2.45) is 0 Å². The highest BCUT2D eigenvalue weighted by atomic mass is 35.7. The molecule has 0 N–H and O–H groups in total. The van der Waals surface area contributed by atoms with Crippen molar-refractivity contribution in [2.45, 2.75) is 11.7 Å². The summed E-state index contributed by atoms with van der Waals surface area (Å²) in [4.78, 5) is 12.6. The molecule has 0 saturated carbocycles. The monoisotopic (exact) mass is 329 g/mol. The fraction of sp³-hybridized carbons (Fsp3) is 0.300. The van der Waals surface area contributed by atoms with Crippen LogP contribution in [0.3, 0.4) is 0 Å². The highest BCUT2D eigenvalue weighted by Crippen LogP contribution is 2.31. The molecule has 1 aliphatic heterocycles. The molecule has 1 fully saturated rings. The lowest BCUT2D eigenvalue weighted by atomic mass is 10.2. The van der Waals surface area contributed by atoms with Crippen molar-refractivity contribution >= 4 is 42.9 Å². The molecule has 0 aliphatic carbocycles. The van der Waals surface area contributed by atoms with E-state index in [0.717, 1.165) is 11.0 Å². The zero-order valence-electron chi connectivity index (χ0n) is 9.24. The van der Waals surface area contributed by atoms with Gasteiger partial charge in [-0.25, -0.2) is 17.2 Å². The summed E-state index contributed by atoms with van der Waals surface area (Å²) in [5, 5.41) is -1.48. The van der Waals surface area contributed by atoms with Crippen LogP contribution in [0.1, 0.15) is 6.42 Å². The molecular formula is C10H7Cl2F2NO3S. The summed E-state index contributed by atoms with van der Waals surface area (Å²) in [7, 11) is 1.24. The number of carbonyl (C=O) groups is 1. The molecule has 0 radical (unpaired) electrons. The molecule has 1 amide bonds. The second-order valence-electron chi connectivity index (χ2n) is 4.02. The summed E-state index contributed by atoms with van der Waals surface area (Å²) in [6.07, 6.45) is -0.347. The van der Waals surface area contributed by atoms with Crippen molar-refractivity contribution in [3.63, 3.8) is 0 Å². The van der Waals surface area contributed by atoms with Gasteiger partial charge in [0.1, 0.15) is 16.9 Å². The molecule has 1 heterocycles. The zero-order valence-corrected chi connectivity index (χ0v) is 11.6. The summed E-state index contributed by atoms with van der Waals surface area (Å²) in [5.41, 5.74) is -0.265. The summed E-state index contributed by atoms with van der Waals surface area (Å²) in [6, 6.07) is 1.47. The summed E-state index contributed by atoms with van der Waals surface area (Å²) in [6.45, 7) is -0.288. The standard InChI is InChI=1S/C10H7Cl2F2NO3S/c11-6-2-9(8(14)3-7(6)13)15-4-5(1-10(15)16)19(12,17)18/h2-3,5H,1,4H2. The van der Waals surface area contributed by atoms with Crippen LogP contribution in [0.4, 0.5) is 14.5 Å². The fourth-order valence-electron chi connectivity index (χ4n) is 1.82. The third-order valence-electron chi connectivity index (χ3n) is 2.77. The Balaban J connectivity index is 2.39. The molecular weight excluding hydrogens is 323 g/mol. The van der Waals surface area contributed by atoms with E-state index in [9.17, 15) is 22.0 Å². The minimum Gasteiger partial charge on any atom is -0.308 e. The molecule has 19 heavy (non-hydrogen) atoms. The Morgan fingerprint density at radius 3 is 2.42 bits per heavy atom. The first-order valence-corrected chi connectivity index (χ1v) is 7.83. The molecule has 1 saturated heterocycles. The topological polar surface area (TPSA) is 54.5 Å².